The zero-order chi connectivity index (χ0) is 6.53. The number of aromatic nitrogens is 2. The van der Waals surface area contributed by atoms with Gasteiger partial charge in [0, 0.05) is 24.9 Å². The maximum absolute atomic E-state index is 9.68. The Bertz CT molecular complexity index is 209. The van der Waals surface area contributed by atoms with E-state index in [1.54, 1.807) is 18.3 Å². The van der Waals surface area contributed by atoms with Crippen LogP contribution in [0.15, 0.2) is 18.5 Å². The standard InChI is InChI=1S/C6H6N2O/c9-5-1-2-6-7-3-4-8-6/h1,3-4H,2H2,(H,7,8). The molecule has 0 bridgehead atoms. The number of allylic oxidation sites excluding steroid dienone is 1. The van der Waals surface area contributed by atoms with Crippen LogP contribution in [0.1, 0.15) is 5.82 Å². The molecule has 1 rings (SSSR count). The number of aromatic amines is 1. The molecule has 3 heteroatoms. The lowest BCUT2D eigenvalue weighted by Crippen LogP contribution is -1.81. The zero-order valence-corrected chi connectivity index (χ0v) is 4.79. The van der Waals surface area contributed by atoms with E-state index in [1.165, 1.54) is 6.08 Å². The SMILES string of the molecule is O=C=CCc1ncc[nH]1. The van der Waals surface area contributed by atoms with Gasteiger partial charge < -0.3 is 4.98 Å². The third-order valence-electron chi connectivity index (χ3n) is 0.934. The average Bonchev–Trinajstić information content (AvgIpc) is 2.34. The van der Waals surface area contributed by atoms with Crippen molar-refractivity contribution in [1.29, 1.82) is 0 Å². The molecule has 3 nitrogen and oxygen atoms in total. The van der Waals surface area contributed by atoms with E-state index in [0.717, 1.165) is 5.82 Å². The molecule has 0 atom stereocenters. The van der Waals surface area contributed by atoms with Gasteiger partial charge in [-0.15, -0.1) is 0 Å². The van der Waals surface area contributed by atoms with Gasteiger partial charge in [-0.3, -0.25) is 0 Å². The lowest BCUT2D eigenvalue weighted by Gasteiger charge is -1.80. The van der Waals surface area contributed by atoms with Crippen LogP contribution in [0.5, 0.6) is 0 Å². The van der Waals surface area contributed by atoms with E-state index in [0.29, 0.717) is 6.42 Å². The van der Waals surface area contributed by atoms with Crippen molar-refractivity contribution in [2.24, 2.45) is 0 Å². The Hall–Kier alpha value is -1.34. The normalized spacial score (nSPS) is 8.44. The van der Waals surface area contributed by atoms with Crippen LogP contribution >= 0.6 is 0 Å². The third kappa shape index (κ3) is 1.55. The molecule has 0 saturated heterocycles. The third-order valence-corrected chi connectivity index (χ3v) is 0.934. The Labute approximate surface area is 52.4 Å². The minimum absolute atomic E-state index is 0.538. The van der Waals surface area contributed by atoms with Crippen molar-refractivity contribution in [2.75, 3.05) is 0 Å². The van der Waals surface area contributed by atoms with Gasteiger partial charge in [-0.25, -0.2) is 9.78 Å². The Morgan fingerprint density at radius 1 is 1.89 bits per heavy atom. The summed E-state index contributed by atoms with van der Waals surface area (Å²) in [5.74, 6) is 2.46. The van der Waals surface area contributed by atoms with E-state index in [2.05, 4.69) is 9.97 Å². The van der Waals surface area contributed by atoms with Gasteiger partial charge in [0.15, 0.2) is 0 Å². The number of H-pyrrole nitrogens is 1. The molecular weight excluding hydrogens is 116 g/mol. The zero-order valence-electron chi connectivity index (χ0n) is 4.79. The molecule has 0 radical (unpaired) electrons. The van der Waals surface area contributed by atoms with Crippen molar-refractivity contribution in [3.05, 3.63) is 24.3 Å². The first-order valence-electron chi connectivity index (χ1n) is 2.61. The molecule has 1 N–H and O–H groups in total. The summed E-state index contributed by atoms with van der Waals surface area (Å²) in [5.41, 5.74) is 0. The van der Waals surface area contributed by atoms with Gasteiger partial charge >= 0.3 is 0 Å². The van der Waals surface area contributed by atoms with Crippen LogP contribution in [0.4, 0.5) is 0 Å². The molecule has 0 aliphatic heterocycles. The highest BCUT2D eigenvalue weighted by atomic mass is 16.1. The Balaban J connectivity index is 2.57. The molecule has 1 aromatic heterocycles. The lowest BCUT2D eigenvalue weighted by molar-refractivity contribution is 0.568. The highest BCUT2D eigenvalue weighted by Gasteiger charge is 1.86. The quantitative estimate of drug-likeness (QED) is 0.575. The van der Waals surface area contributed by atoms with Crippen LogP contribution in [0, 0.1) is 0 Å². The number of nitrogens with one attached hydrogen (secondary N) is 1. The fraction of sp³-hybridized carbons (Fsp3) is 0.167. The smallest absolute Gasteiger partial charge is 0.120 e. The summed E-state index contributed by atoms with van der Waals surface area (Å²) in [7, 11) is 0. The molecule has 0 aromatic carbocycles. The predicted molar refractivity (Wildman–Crippen MR) is 32.6 cm³/mol. The second-order valence-corrected chi connectivity index (χ2v) is 1.56. The summed E-state index contributed by atoms with van der Waals surface area (Å²) in [5, 5.41) is 0. The lowest BCUT2D eigenvalue weighted by atomic mass is 10.4. The fourth-order valence-corrected chi connectivity index (χ4v) is 0.548. The van der Waals surface area contributed by atoms with Gasteiger partial charge in [0.25, 0.3) is 0 Å². The van der Waals surface area contributed by atoms with Crippen molar-refractivity contribution >= 4 is 5.94 Å². The Kier molecular flexibility index (Phi) is 1.83. The maximum atomic E-state index is 9.68. The molecule has 0 aliphatic carbocycles. The number of carbonyl (C=O) groups excluding carboxylic acids is 1. The van der Waals surface area contributed by atoms with Gasteiger partial charge in [0.05, 0.1) is 0 Å². The Morgan fingerprint density at radius 3 is 3.33 bits per heavy atom. The molecule has 0 fully saturated rings. The highest BCUT2D eigenvalue weighted by Crippen LogP contribution is 1.87. The molecule has 0 unspecified atom stereocenters. The van der Waals surface area contributed by atoms with E-state index < -0.39 is 0 Å². The van der Waals surface area contributed by atoms with Crippen LogP contribution in [-0.4, -0.2) is 15.9 Å². The van der Waals surface area contributed by atoms with Crippen molar-refractivity contribution in [1.82, 2.24) is 9.97 Å². The van der Waals surface area contributed by atoms with Gasteiger partial charge in [-0.2, -0.15) is 0 Å². The van der Waals surface area contributed by atoms with Crippen LogP contribution < -0.4 is 0 Å². The second kappa shape index (κ2) is 2.84. The van der Waals surface area contributed by atoms with Gasteiger partial charge in [-0.1, -0.05) is 0 Å². The topological polar surface area (TPSA) is 45.8 Å². The van der Waals surface area contributed by atoms with Crippen molar-refractivity contribution in [3.8, 4) is 0 Å². The molecular formula is C6H6N2O. The number of hydrogen-bond acceptors (Lipinski definition) is 2. The van der Waals surface area contributed by atoms with Gasteiger partial charge in [-0.05, 0) is 0 Å². The first-order valence-corrected chi connectivity index (χ1v) is 2.61. The average molecular weight is 122 g/mol. The summed E-state index contributed by atoms with van der Waals surface area (Å²) in [6.45, 7) is 0. The van der Waals surface area contributed by atoms with E-state index in [1.807, 2.05) is 0 Å². The van der Waals surface area contributed by atoms with Crippen LogP contribution in [0.3, 0.4) is 0 Å². The monoisotopic (exact) mass is 122 g/mol. The number of imidazole rings is 1. The summed E-state index contributed by atoms with van der Waals surface area (Å²) in [6, 6.07) is 0. The van der Waals surface area contributed by atoms with E-state index in [9.17, 15) is 4.79 Å². The Morgan fingerprint density at radius 2 is 2.78 bits per heavy atom. The van der Waals surface area contributed by atoms with Crippen LogP contribution in [-0.2, 0) is 11.2 Å². The molecule has 0 saturated carbocycles. The minimum atomic E-state index is 0.538. The first-order chi connectivity index (χ1) is 4.43. The first kappa shape index (κ1) is 5.79. The minimum Gasteiger partial charge on any atom is -0.348 e. The summed E-state index contributed by atoms with van der Waals surface area (Å²) >= 11 is 0. The number of hydrogen-bond donors (Lipinski definition) is 1. The highest BCUT2D eigenvalue weighted by molar-refractivity contribution is 5.45. The summed E-state index contributed by atoms with van der Waals surface area (Å²) in [6.07, 6.45) is 5.29. The van der Waals surface area contributed by atoms with E-state index in [4.69, 9.17) is 0 Å². The van der Waals surface area contributed by atoms with Crippen molar-refractivity contribution in [2.45, 2.75) is 6.42 Å². The van der Waals surface area contributed by atoms with Crippen molar-refractivity contribution < 1.29 is 4.79 Å². The van der Waals surface area contributed by atoms with E-state index >= 15 is 0 Å². The maximum Gasteiger partial charge on any atom is 0.120 e. The number of nitrogens with zero attached hydrogens (tertiary/aromatic N) is 1. The molecule has 1 heterocycles. The second-order valence-electron chi connectivity index (χ2n) is 1.56. The fourth-order valence-electron chi connectivity index (χ4n) is 0.548. The molecule has 1 aromatic rings. The largest absolute Gasteiger partial charge is 0.348 e. The van der Waals surface area contributed by atoms with Crippen molar-refractivity contribution in [3.63, 3.8) is 0 Å². The molecule has 46 valence electrons. The molecule has 9 heavy (non-hydrogen) atoms. The van der Waals surface area contributed by atoms with E-state index in [-0.39, 0.29) is 0 Å². The van der Waals surface area contributed by atoms with Crippen LogP contribution in [0.25, 0.3) is 0 Å². The summed E-state index contributed by atoms with van der Waals surface area (Å²) < 4.78 is 0. The van der Waals surface area contributed by atoms with Gasteiger partial charge in [0.2, 0.25) is 0 Å². The number of rotatable bonds is 2. The van der Waals surface area contributed by atoms with Crippen LogP contribution in [0.2, 0.25) is 0 Å². The summed E-state index contributed by atoms with van der Waals surface area (Å²) in [4.78, 5) is 16.4. The predicted octanol–water partition coefficient (Wildman–Crippen LogP) is 0.340. The molecule has 0 aliphatic rings. The molecule has 0 amide bonds. The molecule has 0 spiro atoms. The van der Waals surface area contributed by atoms with Gasteiger partial charge in [0.1, 0.15) is 11.8 Å².